The molecule has 4 fully saturated rings. The number of fused-ring (bicyclic) bond motifs is 1. The molecule has 4 unspecified atom stereocenters. The van der Waals surface area contributed by atoms with E-state index >= 15 is 0 Å². The highest BCUT2D eigenvalue weighted by molar-refractivity contribution is 6.30. The molecule has 44 heavy (non-hydrogen) atoms. The van der Waals surface area contributed by atoms with Crippen LogP contribution in [0.15, 0.2) is 72.1 Å². The molecular formula is C36H47Cl2N3O3. The minimum Gasteiger partial charge on any atom is -0.516 e. The lowest BCUT2D eigenvalue weighted by atomic mass is 9.77. The van der Waals surface area contributed by atoms with Crippen LogP contribution in [0.4, 0.5) is 0 Å². The number of halogens is 2. The number of piperidine rings is 2. The van der Waals surface area contributed by atoms with Crippen LogP contribution < -0.4 is 5.73 Å². The van der Waals surface area contributed by atoms with Crippen LogP contribution in [-0.2, 0) is 11.2 Å². The second-order valence-corrected chi connectivity index (χ2v) is 14.7. The Balaban J connectivity index is 1.07. The summed E-state index contributed by atoms with van der Waals surface area (Å²) in [5.74, 6) is 1.91. The van der Waals surface area contributed by atoms with Gasteiger partial charge in [-0.2, -0.15) is 0 Å². The first-order chi connectivity index (χ1) is 21.2. The topological polar surface area (TPSA) is 93.2 Å². The largest absolute Gasteiger partial charge is 0.516 e. The number of hydrogen-bond donors (Lipinski definition) is 4. The Bertz CT molecular complexity index is 1260. The van der Waals surface area contributed by atoms with Gasteiger partial charge in [-0.05, 0) is 128 Å². The number of benzene rings is 2. The molecule has 0 bridgehead atoms. The average molecular weight is 641 g/mol. The van der Waals surface area contributed by atoms with Crippen LogP contribution in [-0.4, -0.2) is 64.4 Å². The third kappa shape index (κ3) is 6.58. The lowest BCUT2D eigenvalue weighted by Gasteiger charge is -2.40. The summed E-state index contributed by atoms with van der Waals surface area (Å²) in [7, 11) is 0. The van der Waals surface area contributed by atoms with Gasteiger partial charge in [-0.25, -0.2) is 0 Å². The molecule has 5 N–H and O–H groups in total. The van der Waals surface area contributed by atoms with Crippen LogP contribution in [0.5, 0.6) is 0 Å². The number of nitrogens with zero attached hydrogens (tertiary/aromatic N) is 2. The summed E-state index contributed by atoms with van der Waals surface area (Å²) in [6.45, 7) is 4.73. The van der Waals surface area contributed by atoms with E-state index in [2.05, 4.69) is 9.80 Å². The van der Waals surface area contributed by atoms with Crippen LogP contribution >= 0.6 is 23.2 Å². The van der Waals surface area contributed by atoms with Gasteiger partial charge in [0.1, 0.15) is 0 Å². The molecule has 2 saturated carbocycles. The summed E-state index contributed by atoms with van der Waals surface area (Å²) in [5.41, 5.74) is 8.85. The van der Waals surface area contributed by atoms with Crippen LogP contribution in [0.2, 0.25) is 10.0 Å². The third-order valence-corrected chi connectivity index (χ3v) is 11.9. The molecule has 6 nitrogen and oxygen atoms in total. The molecule has 238 valence electrons. The number of hydrogen-bond acceptors (Lipinski definition) is 6. The van der Waals surface area contributed by atoms with Crippen molar-refractivity contribution in [3.05, 3.63) is 93.3 Å². The van der Waals surface area contributed by atoms with Gasteiger partial charge in [-0.3, -0.25) is 9.80 Å². The molecule has 0 amide bonds. The van der Waals surface area contributed by atoms with Crippen LogP contribution in [0.3, 0.4) is 0 Å². The van der Waals surface area contributed by atoms with Crippen molar-refractivity contribution in [3.63, 3.8) is 0 Å². The average Bonchev–Trinajstić information content (AvgIpc) is 3.64. The zero-order valence-electron chi connectivity index (χ0n) is 25.6. The fourth-order valence-corrected chi connectivity index (χ4v) is 9.24. The molecule has 4 atom stereocenters. The monoisotopic (exact) mass is 639 g/mol. The number of nitrogens with two attached hydrogens (primary N) is 1. The summed E-state index contributed by atoms with van der Waals surface area (Å²) < 4.78 is 0. The van der Waals surface area contributed by atoms with E-state index < -0.39 is 11.2 Å². The summed E-state index contributed by atoms with van der Waals surface area (Å²) in [4.78, 5) is 4.82. The van der Waals surface area contributed by atoms with Crippen LogP contribution in [0, 0.1) is 23.7 Å². The summed E-state index contributed by atoms with van der Waals surface area (Å²) in [5, 5.41) is 34.6. The molecular weight excluding hydrogens is 593 g/mol. The van der Waals surface area contributed by atoms with E-state index in [-0.39, 0.29) is 0 Å². The van der Waals surface area contributed by atoms with E-state index in [0.29, 0.717) is 59.4 Å². The first kappa shape index (κ1) is 31.9. The first-order valence-corrected chi connectivity index (χ1v) is 17.1. The van der Waals surface area contributed by atoms with E-state index in [1.165, 1.54) is 24.7 Å². The maximum absolute atomic E-state index is 11.4. The Kier molecular flexibility index (Phi) is 9.68. The molecule has 0 spiro atoms. The Morgan fingerprint density at radius 1 is 0.750 bits per heavy atom. The molecule has 4 aliphatic rings. The second kappa shape index (κ2) is 13.4. The number of aliphatic hydroxyl groups excluding tert-OH is 1. The van der Waals surface area contributed by atoms with Gasteiger partial charge in [0.25, 0.3) is 0 Å². The second-order valence-electron chi connectivity index (χ2n) is 13.8. The lowest BCUT2D eigenvalue weighted by Crippen LogP contribution is -2.44. The van der Waals surface area contributed by atoms with Crippen LogP contribution in [0.25, 0.3) is 0 Å². The molecule has 2 heterocycles. The standard InChI is InChI=1S/C36H47Cl2N3O3/c37-30-5-1-3-28(19-30)35(43)11-15-40(16-12-35)22-26(21-39)32-9-7-25-8-10-33(34(25)32)27(24-42)23-41-17-13-36(44,14-18-41)29-4-2-6-31(38)20-29/h1-6,19-21,24-25,32-34,42-44H,7-18,22-23,39H2/b26-21-,27-24-. The first-order valence-electron chi connectivity index (χ1n) is 16.4. The Morgan fingerprint density at radius 3 is 1.64 bits per heavy atom. The zero-order valence-corrected chi connectivity index (χ0v) is 27.1. The maximum atomic E-state index is 11.4. The fourth-order valence-electron chi connectivity index (χ4n) is 8.86. The van der Waals surface area contributed by atoms with E-state index in [1.54, 1.807) is 0 Å². The molecule has 6 rings (SSSR count). The normalized spacial score (nSPS) is 29.5. The molecule has 2 aromatic rings. The van der Waals surface area contributed by atoms with E-state index in [1.807, 2.05) is 54.7 Å². The van der Waals surface area contributed by atoms with Crippen LogP contribution in [0.1, 0.15) is 62.5 Å². The Morgan fingerprint density at radius 2 is 1.20 bits per heavy atom. The number of rotatable bonds is 8. The minimum atomic E-state index is -0.862. The van der Waals surface area contributed by atoms with Gasteiger partial charge < -0.3 is 21.1 Å². The van der Waals surface area contributed by atoms with Gasteiger partial charge in [-0.15, -0.1) is 0 Å². The van der Waals surface area contributed by atoms with E-state index in [0.717, 1.165) is 68.8 Å². The lowest BCUT2D eigenvalue weighted by molar-refractivity contribution is -0.0246. The van der Waals surface area contributed by atoms with Gasteiger partial charge in [0.05, 0.1) is 17.5 Å². The molecule has 2 aliphatic heterocycles. The molecule has 0 radical (unpaired) electrons. The highest BCUT2D eigenvalue weighted by Gasteiger charge is 2.48. The molecule has 8 heteroatoms. The summed E-state index contributed by atoms with van der Waals surface area (Å²) in [6, 6.07) is 15.2. The van der Waals surface area contributed by atoms with Crippen molar-refractivity contribution in [1.29, 1.82) is 0 Å². The van der Waals surface area contributed by atoms with Gasteiger partial charge in [0.15, 0.2) is 0 Å². The van der Waals surface area contributed by atoms with Crippen molar-refractivity contribution >= 4 is 23.2 Å². The maximum Gasteiger partial charge on any atom is 0.0921 e. The van der Waals surface area contributed by atoms with Crippen molar-refractivity contribution in [2.45, 2.75) is 62.6 Å². The zero-order chi connectivity index (χ0) is 30.9. The van der Waals surface area contributed by atoms with Gasteiger partial charge in [0.2, 0.25) is 0 Å². The van der Waals surface area contributed by atoms with Crippen molar-refractivity contribution in [3.8, 4) is 0 Å². The smallest absolute Gasteiger partial charge is 0.0921 e. The van der Waals surface area contributed by atoms with Crippen molar-refractivity contribution < 1.29 is 15.3 Å². The third-order valence-electron chi connectivity index (χ3n) is 11.4. The molecule has 2 saturated heterocycles. The molecule has 0 aromatic heterocycles. The highest BCUT2D eigenvalue weighted by Crippen LogP contribution is 2.55. The predicted octanol–water partition coefficient (Wildman–Crippen LogP) is 6.60. The number of likely N-dealkylation sites (tertiary alicyclic amines) is 2. The minimum absolute atomic E-state index is 0.343. The summed E-state index contributed by atoms with van der Waals surface area (Å²) in [6.07, 6.45) is 10.5. The van der Waals surface area contributed by atoms with Crippen molar-refractivity contribution in [2.75, 3.05) is 39.3 Å². The van der Waals surface area contributed by atoms with Gasteiger partial charge >= 0.3 is 0 Å². The summed E-state index contributed by atoms with van der Waals surface area (Å²) >= 11 is 12.4. The number of aliphatic hydroxyl groups is 3. The van der Waals surface area contributed by atoms with E-state index in [4.69, 9.17) is 28.9 Å². The fraction of sp³-hybridized carbons (Fsp3) is 0.556. The van der Waals surface area contributed by atoms with Gasteiger partial charge in [-0.1, -0.05) is 47.5 Å². The Labute approximate surface area is 272 Å². The molecule has 2 aromatic carbocycles. The van der Waals surface area contributed by atoms with Crippen molar-refractivity contribution in [2.24, 2.45) is 29.4 Å². The van der Waals surface area contributed by atoms with E-state index in [9.17, 15) is 15.3 Å². The Hall–Kier alpha value is -2.06. The quantitative estimate of drug-likeness (QED) is 0.243. The predicted molar refractivity (Wildman–Crippen MR) is 177 cm³/mol. The highest BCUT2D eigenvalue weighted by atomic mass is 35.5. The van der Waals surface area contributed by atoms with Gasteiger partial charge in [0, 0.05) is 49.3 Å². The van der Waals surface area contributed by atoms with Crippen molar-refractivity contribution in [1.82, 2.24) is 9.80 Å². The molecule has 2 aliphatic carbocycles. The SMILES string of the molecule is N/C=C(/CN1CCC(O)(c2cccc(Cl)c2)CC1)C1CCC2CCC(/C(=C\O)CN3CCC(O)(c4cccc(Cl)c4)CC3)C21.